The molecule has 1 aromatic carbocycles. The number of aromatic amines is 1. The Bertz CT molecular complexity index is 748. The van der Waals surface area contributed by atoms with E-state index < -0.39 is 0 Å². The SMILES string of the molecule is Cl.O=C(C1CCc2cn[nH]c2C1)N1CCNCC1c1ccccc1Cl. The van der Waals surface area contributed by atoms with Gasteiger partial charge in [0.25, 0.3) is 0 Å². The van der Waals surface area contributed by atoms with Crippen molar-refractivity contribution in [3.63, 3.8) is 0 Å². The number of fused-ring (bicyclic) bond motifs is 1. The van der Waals surface area contributed by atoms with E-state index in [1.54, 1.807) is 0 Å². The first kappa shape index (κ1) is 18.2. The number of rotatable bonds is 2. The number of piperazine rings is 1. The Morgan fingerprint density at radius 3 is 3.00 bits per heavy atom. The molecule has 1 fully saturated rings. The molecular formula is C18H22Cl2N4O. The van der Waals surface area contributed by atoms with Crippen LogP contribution in [0.25, 0.3) is 0 Å². The van der Waals surface area contributed by atoms with E-state index in [0.717, 1.165) is 55.2 Å². The lowest BCUT2D eigenvalue weighted by atomic mass is 9.86. The number of hydrogen-bond donors (Lipinski definition) is 2. The van der Waals surface area contributed by atoms with Gasteiger partial charge in [0.1, 0.15) is 0 Å². The normalized spacial score (nSPS) is 22.8. The first-order chi connectivity index (χ1) is 11.7. The lowest BCUT2D eigenvalue weighted by molar-refractivity contribution is -0.139. The molecule has 2 aromatic rings. The van der Waals surface area contributed by atoms with Crippen molar-refractivity contribution >= 4 is 29.9 Å². The van der Waals surface area contributed by atoms with Gasteiger partial charge in [0.2, 0.25) is 5.91 Å². The number of hydrogen-bond acceptors (Lipinski definition) is 3. The maximum atomic E-state index is 13.2. The van der Waals surface area contributed by atoms with Crippen molar-refractivity contribution in [1.29, 1.82) is 0 Å². The Hall–Kier alpha value is -1.56. The maximum absolute atomic E-state index is 13.2. The summed E-state index contributed by atoms with van der Waals surface area (Å²) < 4.78 is 0. The van der Waals surface area contributed by atoms with Crippen LogP contribution in [0.5, 0.6) is 0 Å². The van der Waals surface area contributed by atoms with Crippen molar-refractivity contribution in [3.8, 4) is 0 Å². The number of amides is 1. The topological polar surface area (TPSA) is 61.0 Å². The third-order valence-electron chi connectivity index (χ3n) is 5.16. The van der Waals surface area contributed by atoms with Crippen LogP contribution >= 0.6 is 24.0 Å². The smallest absolute Gasteiger partial charge is 0.226 e. The lowest BCUT2D eigenvalue weighted by Crippen LogP contribution is -2.51. The van der Waals surface area contributed by atoms with Crippen molar-refractivity contribution in [2.45, 2.75) is 25.3 Å². The van der Waals surface area contributed by atoms with Crippen molar-refractivity contribution in [1.82, 2.24) is 20.4 Å². The van der Waals surface area contributed by atoms with Crippen LogP contribution in [-0.2, 0) is 17.6 Å². The fourth-order valence-electron chi connectivity index (χ4n) is 3.84. The maximum Gasteiger partial charge on any atom is 0.226 e. The van der Waals surface area contributed by atoms with Gasteiger partial charge in [-0.3, -0.25) is 9.89 Å². The molecule has 2 N–H and O–H groups in total. The minimum Gasteiger partial charge on any atom is -0.333 e. The van der Waals surface area contributed by atoms with Crippen molar-refractivity contribution in [2.24, 2.45) is 5.92 Å². The number of nitrogens with zero attached hydrogens (tertiary/aromatic N) is 2. The third-order valence-corrected chi connectivity index (χ3v) is 5.50. The molecule has 0 bridgehead atoms. The molecule has 2 atom stereocenters. The zero-order valence-electron chi connectivity index (χ0n) is 13.9. The third kappa shape index (κ3) is 3.54. The largest absolute Gasteiger partial charge is 0.333 e. The molecule has 2 heterocycles. The average Bonchev–Trinajstić information content (AvgIpc) is 3.09. The summed E-state index contributed by atoms with van der Waals surface area (Å²) in [5.74, 6) is 0.266. The highest BCUT2D eigenvalue weighted by atomic mass is 35.5. The van der Waals surface area contributed by atoms with E-state index in [9.17, 15) is 4.79 Å². The number of benzene rings is 1. The van der Waals surface area contributed by atoms with Gasteiger partial charge in [0.15, 0.2) is 0 Å². The molecule has 1 aliphatic carbocycles. The number of aryl methyl sites for hydroxylation is 1. The number of carbonyl (C=O) groups is 1. The minimum absolute atomic E-state index is 0. The fourth-order valence-corrected chi connectivity index (χ4v) is 4.11. The molecule has 1 amide bonds. The summed E-state index contributed by atoms with van der Waals surface area (Å²) in [7, 11) is 0. The van der Waals surface area contributed by atoms with E-state index in [2.05, 4.69) is 15.5 Å². The summed E-state index contributed by atoms with van der Waals surface area (Å²) in [4.78, 5) is 15.2. The second-order valence-corrected chi connectivity index (χ2v) is 6.99. The Morgan fingerprint density at radius 2 is 2.16 bits per heavy atom. The zero-order chi connectivity index (χ0) is 16.5. The molecular weight excluding hydrogens is 359 g/mol. The lowest BCUT2D eigenvalue weighted by Gasteiger charge is -2.39. The Morgan fingerprint density at radius 1 is 1.32 bits per heavy atom. The number of aromatic nitrogens is 2. The predicted octanol–water partition coefficient (Wildman–Crippen LogP) is 2.76. The summed E-state index contributed by atoms with van der Waals surface area (Å²) in [5, 5.41) is 11.3. The van der Waals surface area contributed by atoms with Crippen molar-refractivity contribution in [2.75, 3.05) is 19.6 Å². The molecule has 4 rings (SSSR count). The highest BCUT2D eigenvalue weighted by molar-refractivity contribution is 6.31. The molecule has 2 unspecified atom stereocenters. The van der Waals surface area contributed by atoms with E-state index in [1.165, 1.54) is 5.56 Å². The van der Waals surface area contributed by atoms with Gasteiger partial charge in [-0.15, -0.1) is 12.4 Å². The molecule has 1 aliphatic heterocycles. The monoisotopic (exact) mass is 380 g/mol. The molecule has 1 saturated heterocycles. The highest BCUT2D eigenvalue weighted by Crippen LogP contribution is 2.32. The van der Waals surface area contributed by atoms with Crippen LogP contribution in [0.3, 0.4) is 0 Å². The summed E-state index contributed by atoms with van der Waals surface area (Å²) in [6.45, 7) is 2.30. The van der Waals surface area contributed by atoms with E-state index in [0.29, 0.717) is 0 Å². The number of nitrogens with one attached hydrogen (secondary N) is 2. The molecule has 0 spiro atoms. The van der Waals surface area contributed by atoms with Gasteiger partial charge in [0.05, 0.1) is 12.2 Å². The highest BCUT2D eigenvalue weighted by Gasteiger charge is 2.35. The van der Waals surface area contributed by atoms with Crippen molar-refractivity contribution < 1.29 is 4.79 Å². The Balaban J connectivity index is 0.00000182. The van der Waals surface area contributed by atoms with Crippen LogP contribution in [0.2, 0.25) is 5.02 Å². The second kappa shape index (κ2) is 7.77. The zero-order valence-corrected chi connectivity index (χ0v) is 15.4. The van der Waals surface area contributed by atoms with Crippen LogP contribution in [-0.4, -0.2) is 40.6 Å². The summed E-state index contributed by atoms with van der Waals surface area (Å²) in [6.07, 6.45) is 4.45. The molecule has 25 heavy (non-hydrogen) atoms. The number of halogens is 2. The van der Waals surface area contributed by atoms with E-state index in [4.69, 9.17) is 11.6 Å². The summed E-state index contributed by atoms with van der Waals surface area (Å²) in [6, 6.07) is 7.83. The Labute approximate surface area is 158 Å². The van der Waals surface area contributed by atoms with Crippen molar-refractivity contribution in [3.05, 3.63) is 52.3 Å². The number of H-pyrrole nitrogens is 1. The van der Waals surface area contributed by atoms with E-state index in [1.807, 2.05) is 35.4 Å². The van der Waals surface area contributed by atoms with Gasteiger partial charge in [0, 0.05) is 42.7 Å². The van der Waals surface area contributed by atoms with Crippen LogP contribution in [0.15, 0.2) is 30.5 Å². The molecule has 0 saturated carbocycles. The van der Waals surface area contributed by atoms with Crippen LogP contribution in [0.4, 0.5) is 0 Å². The van der Waals surface area contributed by atoms with E-state index >= 15 is 0 Å². The standard InChI is InChI=1S/C18H21ClN4O.ClH/c19-15-4-2-1-3-14(15)17-11-20-7-8-23(17)18(24)12-5-6-13-10-21-22-16(13)9-12;/h1-4,10,12,17,20H,5-9,11H2,(H,21,22);1H. The average molecular weight is 381 g/mol. The number of carbonyl (C=O) groups excluding carboxylic acids is 1. The predicted molar refractivity (Wildman–Crippen MR) is 100 cm³/mol. The molecule has 1 aromatic heterocycles. The fraction of sp³-hybridized carbons (Fsp3) is 0.444. The minimum atomic E-state index is 0. The summed E-state index contributed by atoms with van der Waals surface area (Å²) >= 11 is 6.39. The summed E-state index contributed by atoms with van der Waals surface area (Å²) in [5.41, 5.74) is 3.39. The first-order valence-electron chi connectivity index (χ1n) is 8.51. The van der Waals surface area contributed by atoms with Crippen LogP contribution < -0.4 is 5.32 Å². The van der Waals surface area contributed by atoms with Gasteiger partial charge in [-0.05, 0) is 30.0 Å². The van der Waals surface area contributed by atoms with Crippen LogP contribution in [0.1, 0.15) is 29.3 Å². The van der Waals surface area contributed by atoms with Crippen LogP contribution in [0, 0.1) is 5.92 Å². The Kier molecular flexibility index (Phi) is 5.67. The molecule has 2 aliphatic rings. The molecule has 7 heteroatoms. The quantitative estimate of drug-likeness (QED) is 0.841. The van der Waals surface area contributed by atoms with Gasteiger partial charge < -0.3 is 10.2 Å². The second-order valence-electron chi connectivity index (χ2n) is 6.59. The van der Waals surface area contributed by atoms with Gasteiger partial charge in [-0.25, -0.2) is 0 Å². The van der Waals surface area contributed by atoms with Gasteiger partial charge in [-0.1, -0.05) is 29.8 Å². The van der Waals surface area contributed by atoms with E-state index in [-0.39, 0.29) is 30.3 Å². The van der Waals surface area contributed by atoms with Gasteiger partial charge >= 0.3 is 0 Å². The molecule has 0 radical (unpaired) electrons. The first-order valence-corrected chi connectivity index (χ1v) is 8.88. The molecule has 134 valence electrons. The molecule has 5 nitrogen and oxygen atoms in total. The van der Waals surface area contributed by atoms with Gasteiger partial charge in [-0.2, -0.15) is 5.10 Å².